The number of aromatic hydroxyl groups is 1. The van der Waals surface area contributed by atoms with Crippen LogP contribution in [0.2, 0.25) is 0 Å². The van der Waals surface area contributed by atoms with Gasteiger partial charge in [-0.2, -0.15) is 0 Å². The molecule has 0 aliphatic carbocycles. The Morgan fingerprint density at radius 2 is 1.75 bits per heavy atom. The SMILES string of the molecule is CC(CCc1ccc(O)cc1)NC(=O)N(Cc1ccccc1)Cc1ccco1. The highest BCUT2D eigenvalue weighted by Gasteiger charge is 2.18. The maximum Gasteiger partial charge on any atom is 0.318 e. The van der Waals surface area contributed by atoms with Gasteiger partial charge in [0, 0.05) is 12.6 Å². The number of carbonyl (C=O) groups excluding carboxylic acids is 1. The van der Waals surface area contributed by atoms with Crippen LogP contribution in [0.5, 0.6) is 5.75 Å². The van der Waals surface area contributed by atoms with E-state index in [9.17, 15) is 9.90 Å². The van der Waals surface area contributed by atoms with Crippen molar-refractivity contribution < 1.29 is 14.3 Å². The van der Waals surface area contributed by atoms with Gasteiger partial charge in [0.2, 0.25) is 0 Å². The quantitative estimate of drug-likeness (QED) is 0.596. The third-order valence-corrected chi connectivity index (χ3v) is 4.60. The minimum Gasteiger partial charge on any atom is -0.508 e. The summed E-state index contributed by atoms with van der Waals surface area (Å²) in [4.78, 5) is 14.6. The maximum absolute atomic E-state index is 12.9. The molecule has 0 saturated carbocycles. The van der Waals surface area contributed by atoms with Crippen molar-refractivity contribution in [1.29, 1.82) is 0 Å². The van der Waals surface area contributed by atoms with Gasteiger partial charge in [0.25, 0.3) is 0 Å². The first-order chi connectivity index (χ1) is 13.6. The average molecular weight is 378 g/mol. The third-order valence-electron chi connectivity index (χ3n) is 4.60. The number of phenolic OH excluding ortho intramolecular Hbond substituents is 1. The Kier molecular flexibility index (Phi) is 6.73. The lowest BCUT2D eigenvalue weighted by Gasteiger charge is -2.25. The van der Waals surface area contributed by atoms with Crippen molar-refractivity contribution in [1.82, 2.24) is 10.2 Å². The topological polar surface area (TPSA) is 65.7 Å². The molecule has 0 saturated heterocycles. The van der Waals surface area contributed by atoms with E-state index in [2.05, 4.69) is 5.32 Å². The Morgan fingerprint density at radius 1 is 1.00 bits per heavy atom. The van der Waals surface area contributed by atoms with Crippen molar-refractivity contribution in [2.75, 3.05) is 0 Å². The van der Waals surface area contributed by atoms with Crippen molar-refractivity contribution in [3.05, 3.63) is 89.9 Å². The molecule has 3 rings (SSSR count). The van der Waals surface area contributed by atoms with Crippen LogP contribution in [0.3, 0.4) is 0 Å². The van der Waals surface area contributed by atoms with E-state index in [1.165, 1.54) is 0 Å². The molecule has 2 N–H and O–H groups in total. The molecule has 1 atom stereocenters. The van der Waals surface area contributed by atoms with E-state index >= 15 is 0 Å². The zero-order chi connectivity index (χ0) is 19.8. The lowest BCUT2D eigenvalue weighted by Crippen LogP contribution is -2.43. The number of aryl methyl sites for hydroxylation is 1. The summed E-state index contributed by atoms with van der Waals surface area (Å²) in [6.07, 6.45) is 3.27. The van der Waals surface area contributed by atoms with Gasteiger partial charge in [-0.25, -0.2) is 4.79 Å². The molecule has 5 nitrogen and oxygen atoms in total. The number of urea groups is 1. The van der Waals surface area contributed by atoms with E-state index < -0.39 is 0 Å². The minimum atomic E-state index is -0.113. The average Bonchev–Trinajstić information content (AvgIpc) is 3.21. The molecule has 0 spiro atoms. The monoisotopic (exact) mass is 378 g/mol. The second kappa shape index (κ2) is 9.65. The molecule has 3 aromatic rings. The first-order valence-corrected chi connectivity index (χ1v) is 9.50. The normalized spacial score (nSPS) is 11.8. The third kappa shape index (κ3) is 5.91. The Hall–Kier alpha value is -3.21. The molecule has 146 valence electrons. The summed E-state index contributed by atoms with van der Waals surface area (Å²) in [5, 5.41) is 12.5. The van der Waals surface area contributed by atoms with E-state index in [4.69, 9.17) is 4.42 Å². The van der Waals surface area contributed by atoms with E-state index in [0.29, 0.717) is 13.1 Å². The van der Waals surface area contributed by atoms with Crippen molar-refractivity contribution in [3.8, 4) is 5.75 Å². The summed E-state index contributed by atoms with van der Waals surface area (Å²) in [5.74, 6) is 1.02. The van der Waals surface area contributed by atoms with Gasteiger partial charge in [-0.05, 0) is 55.2 Å². The van der Waals surface area contributed by atoms with Crippen LogP contribution in [0, 0.1) is 0 Å². The number of nitrogens with one attached hydrogen (secondary N) is 1. The molecular weight excluding hydrogens is 352 g/mol. The Balaban J connectivity index is 1.58. The van der Waals surface area contributed by atoms with Crippen LogP contribution in [0.25, 0.3) is 0 Å². The zero-order valence-corrected chi connectivity index (χ0v) is 16.0. The maximum atomic E-state index is 12.9. The number of nitrogens with zero attached hydrogens (tertiary/aromatic N) is 1. The van der Waals surface area contributed by atoms with Gasteiger partial charge in [-0.1, -0.05) is 42.5 Å². The summed E-state index contributed by atoms with van der Waals surface area (Å²) in [7, 11) is 0. The molecule has 2 aromatic carbocycles. The first kappa shape index (κ1) is 19.5. The number of furan rings is 1. The van der Waals surface area contributed by atoms with E-state index in [0.717, 1.165) is 29.7 Å². The van der Waals surface area contributed by atoms with Gasteiger partial charge in [0.15, 0.2) is 0 Å². The Morgan fingerprint density at radius 3 is 2.43 bits per heavy atom. The smallest absolute Gasteiger partial charge is 0.318 e. The molecule has 0 fully saturated rings. The second-order valence-electron chi connectivity index (χ2n) is 6.98. The van der Waals surface area contributed by atoms with Crippen molar-refractivity contribution in [2.45, 2.75) is 38.9 Å². The Labute approximate surface area is 165 Å². The lowest BCUT2D eigenvalue weighted by molar-refractivity contribution is 0.183. The van der Waals surface area contributed by atoms with Crippen LogP contribution in [0.4, 0.5) is 4.79 Å². The van der Waals surface area contributed by atoms with Crippen LogP contribution >= 0.6 is 0 Å². The van der Waals surface area contributed by atoms with Crippen molar-refractivity contribution >= 4 is 6.03 Å². The second-order valence-corrected chi connectivity index (χ2v) is 6.98. The van der Waals surface area contributed by atoms with E-state index in [1.54, 1.807) is 23.3 Å². The summed E-state index contributed by atoms with van der Waals surface area (Å²) in [5.41, 5.74) is 2.21. The van der Waals surface area contributed by atoms with Gasteiger partial charge in [0.05, 0.1) is 12.8 Å². The fourth-order valence-electron chi connectivity index (χ4n) is 3.01. The first-order valence-electron chi connectivity index (χ1n) is 9.50. The molecule has 1 aromatic heterocycles. The fraction of sp³-hybridized carbons (Fsp3) is 0.261. The Bertz CT molecular complexity index is 845. The number of hydrogen-bond donors (Lipinski definition) is 2. The summed E-state index contributed by atoms with van der Waals surface area (Å²) in [6.45, 7) is 2.93. The minimum absolute atomic E-state index is 0.0242. The van der Waals surface area contributed by atoms with Crippen LogP contribution < -0.4 is 5.32 Å². The summed E-state index contributed by atoms with van der Waals surface area (Å²) in [6, 6.07) is 20.7. The zero-order valence-electron chi connectivity index (χ0n) is 16.0. The van der Waals surface area contributed by atoms with E-state index in [1.807, 2.05) is 61.5 Å². The van der Waals surface area contributed by atoms with Crippen molar-refractivity contribution in [2.24, 2.45) is 0 Å². The highest BCUT2D eigenvalue weighted by atomic mass is 16.3. The molecule has 1 unspecified atom stereocenters. The van der Waals surface area contributed by atoms with E-state index in [-0.39, 0.29) is 17.8 Å². The molecule has 5 heteroatoms. The largest absolute Gasteiger partial charge is 0.508 e. The highest BCUT2D eigenvalue weighted by molar-refractivity contribution is 5.74. The van der Waals surface area contributed by atoms with Gasteiger partial charge in [0.1, 0.15) is 11.5 Å². The summed E-state index contributed by atoms with van der Waals surface area (Å²) >= 11 is 0. The molecular formula is C23H26N2O3. The molecule has 0 aliphatic rings. The van der Waals surface area contributed by atoms with Crippen LogP contribution in [0.1, 0.15) is 30.2 Å². The molecule has 28 heavy (non-hydrogen) atoms. The predicted octanol–water partition coefficient (Wildman–Crippen LogP) is 4.72. The van der Waals surface area contributed by atoms with Crippen molar-refractivity contribution in [3.63, 3.8) is 0 Å². The number of amides is 2. The fourth-order valence-corrected chi connectivity index (χ4v) is 3.01. The summed E-state index contributed by atoms with van der Waals surface area (Å²) < 4.78 is 5.43. The number of phenols is 1. The number of hydrogen-bond acceptors (Lipinski definition) is 3. The van der Waals surface area contributed by atoms with Gasteiger partial charge >= 0.3 is 6.03 Å². The van der Waals surface area contributed by atoms with Crippen LogP contribution in [0.15, 0.2) is 77.4 Å². The number of rotatable bonds is 8. The van der Waals surface area contributed by atoms with Gasteiger partial charge in [-0.3, -0.25) is 0 Å². The van der Waals surface area contributed by atoms with Gasteiger partial charge < -0.3 is 19.7 Å². The molecule has 0 radical (unpaired) electrons. The van der Waals surface area contributed by atoms with Crippen LogP contribution in [-0.2, 0) is 19.5 Å². The number of carbonyl (C=O) groups is 1. The predicted molar refractivity (Wildman–Crippen MR) is 109 cm³/mol. The molecule has 2 amide bonds. The molecule has 0 aliphatic heterocycles. The molecule has 1 heterocycles. The van der Waals surface area contributed by atoms with Crippen LogP contribution in [-0.4, -0.2) is 22.1 Å². The van der Waals surface area contributed by atoms with Gasteiger partial charge in [-0.15, -0.1) is 0 Å². The highest BCUT2D eigenvalue weighted by Crippen LogP contribution is 2.14. The lowest BCUT2D eigenvalue weighted by atomic mass is 10.1. The standard InChI is InChI=1S/C23H26N2O3/c1-18(9-10-19-11-13-21(26)14-12-19)24-23(27)25(17-22-8-5-15-28-22)16-20-6-3-2-4-7-20/h2-8,11-15,18,26H,9-10,16-17H2,1H3,(H,24,27). The number of benzene rings is 2. The molecule has 0 bridgehead atoms.